The number of hydrogen-bond acceptors (Lipinski definition) is 4. The molecule has 2 atom stereocenters. The maximum Gasteiger partial charge on any atom is 0.221 e. The van der Waals surface area contributed by atoms with E-state index in [9.17, 15) is 4.79 Å². The van der Waals surface area contributed by atoms with Crippen LogP contribution in [-0.2, 0) is 16.1 Å². The number of anilines is 1. The summed E-state index contributed by atoms with van der Waals surface area (Å²) in [4.78, 5) is 12.2. The topological polar surface area (TPSA) is 50.4 Å². The summed E-state index contributed by atoms with van der Waals surface area (Å²) >= 11 is 1.66. The Bertz CT molecular complexity index is 392. The molecule has 1 aliphatic heterocycles. The maximum atomic E-state index is 11.0. The minimum Gasteiger partial charge on any atom is -0.377 e. The highest BCUT2D eigenvalue weighted by molar-refractivity contribution is 7.10. The molecule has 2 rings (SSSR count). The van der Waals surface area contributed by atoms with Crippen molar-refractivity contribution in [2.24, 2.45) is 0 Å². The number of rotatable bonds is 4. The molecule has 0 bridgehead atoms. The number of nitrogens with one attached hydrogen (secondary N) is 2. The third-order valence-corrected chi connectivity index (χ3v) is 3.88. The summed E-state index contributed by atoms with van der Waals surface area (Å²) in [5.74, 6) is -0.0257. The van der Waals surface area contributed by atoms with Crippen LogP contribution < -0.4 is 10.6 Å². The van der Waals surface area contributed by atoms with E-state index in [0.717, 1.165) is 25.3 Å². The van der Waals surface area contributed by atoms with Gasteiger partial charge in [0.2, 0.25) is 5.91 Å². The fourth-order valence-corrected chi connectivity index (χ4v) is 2.78. The summed E-state index contributed by atoms with van der Waals surface area (Å²) in [5.41, 5.74) is 0.918. The lowest BCUT2D eigenvalue weighted by Gasteiger charge is -2.16. The largest absolute Gasteiger partial charge is 0.377 e. The lowest BCUT2D eigenvalue weighted by atomic mass is 10.1. The second-order valence-corrected chi connectivity index (χ2v) is 5.29. The Morgan fingerprint density at radius 1 is 1.65 bits per heavy atom. The van der Waals surface area contributed by atoms with Crippen molar-refractivity contribution in [3.8, 4) is 0 Å². The van der Waals surface area contributed by atoms with Crippen molar-refractivity contribution in [3.63, 3.8) is 0 Å². The fraction of sp³-hybridized carbons (Fsp3) is 0.583. The molecule has 0 aromatic carbocycles. The highest BCUT2D eigenvalue weighted by Gasteiger charge is 2.23. The quantitative estimate of drug-likeness (QED) is 0.863. The van der Waals surface area contributed by atoms with Gasteiger partial charge in [0.1, 0.15) is 0 Å². The van der Waals surface area contributed by atoms with Crippen LogP contribution in [0.5, 0.6) is 0 Å². The number of ether oxygens (including phenoxy) is 1. The number of thiophene rings is 1. The molecule has 2 N–H and O–H groups in total. The first-order valence-electron chi connectivity index (χ1n) is 5.86. The first kappa shape index (κ1) is 12.5. The van der Waals surface area contributed by atoms with Crippen molar-refractivity contribution in [1.29, 1.82) is 0 Å². The SMILES string of the molecule is CC(=O)Nc1ccsc1CNC1CCOC1C. The van der Waals surface area contributed by atoms with Crippen LogP contribution >= 0.6 is 11.3 Å². The Balaban J connectivity index is 1.90. The van der Waals surface area contributed by atoms with E-state index in [2.05, 4.69) is 17.6 Å². The van der Waals surface area contributed by atoms with Gasteiger partial charge in [0.15, 0.2) is 0 Å². The molecular weight excluding hydrogens is 236 g/mol. The van der Waals surface area contributed by atoms with Crippen molar-refractivity contribution < 1.29 is 9.53 Å². The molecule has 1 aromatic rings. The average Bonchev–Trinajstić information content (AvgIpc) is 2.84. The van der Waals surface area contributed by atoms with Crippen molar-refractivity contribution in [2.75, 3.05) is 11.9 Å². The molecule has 2 heterocycles. The molecule has 0 radical (unpaired) electrons. The van der Waals surface area contributed by atoms with Crippen LogP contribution in [-0.4, -0.2) is 24.7 Å². The smallest absolute Gasteiger partial charge is 0.221 e. The van der Waals surface area contributed by atoms with Crippen LogP contribution in [0.2, 0.25) is 0 Å². The second-order valence-electron chi connectivity index (χ2n) is 4.29. The van der Waals surface area contributed by atoms with Crippen LogP contribution in [0.25, 0.3) is 0 Å². The van der Waals surface area contributed by atoms with Gasteiger partial charge in [-0.05, 0) is 24.8 Å². The van der Waals surface area contributed by atoms with Crippen molar-refractivity contribution in [2.45, 2.75) is 39.0 Å². The minimum atomic E-state index is -0.0257. The third kappa shape index (κ3) is 3.28. The molecule has 94 valence electrons. The minimum absolute atomic E-state index is 0.0257. The van der Waals surface area contributed by atoms with Crippen LogP contribution in [0.15, 0.2) is 11.4 Å². The summed E-state index contributed by atoms with van der Waals surface area (Å²) in [6.07, 6.45) is 1.33. The van der Waals surface area contributed by atoms with E-state index in [1.165, 1.54) is 11.8 Å². The van der Waals surface area contributed by atoms with Gasteiger partial charge < -0.3 is 15.4 Å². The van der Waals surface area contributed by atoms with Gasteiger partial charge in [0, 0.05) is 31.0 Å². The maximum absolute atomic E-state index is 11.0. The molecule has 5 heteroatoms. The van der Waals surface area contributed by atoms with Gasteiger partial charge in [-0.2, -0.15) is 0 Å². The van der Waals surface area contributed by atoms with Crippen molar-refractivity contribution in [1.82, 2.24) is 5.32 Å². The molecular formula is C12H18N2O2S. The monoisotopic (exact) mass is 254 g/mol. The molecule has 0 aliphatic carbocycles. The fourth-order valence-electron chi connectivity index (χ4n) is 2.00. The van der Waals surface area contributed by atoms with Crippen LogP contribution in [0.4, 0.5) is 5.69 Å². The van der Waals surface area contributed by atoms with E-state index in [4.69, 9.17) is 4.74 Å². The van der Waals surface area contributed by atoms with E-state index in [1.54, 1.807) is 11.3 Å². The van der Waals surface area contributed by atoms with E-state index >= 15 is 0 Å². The zero-order valence-electron chi connectivity index (χ0n) is 10.2. The molecule has 1 amide bonds. The van der Waals surface area contributed by atoms with Crippen LogP contribution in [0.1, 0.15) is 25.1 Å². The van der Waals surface area contributed by atoms with E-state index in [-0.39, 0.29) is 12.0 Å². The van der Waals surface area contributed by atoms with Gasteiger partial charge in [-0.15, -0.1) is 11.3 Å². The molecule has 1 fully saturated rings. The van der Waals surface area contributed by atoms with Crippen molar-refractivity contribution in [3.05, 3.63) is 16.3 Å². The molecule has 4 nitrogen and oxygen atoms in total. The summed E-state index contributed by atoms with van der Waals surface area (Å²) < 4.78 is 5.50. The second kappa shape index (κ2) is 5.62. The Morgan fingerprint density at radius 2 is 2.47 bits per heavy atom. The van der Waals surface area contributed by atoms with Gasteiger partial charge in [-0.25, -0.2) is 0 Å². The normalized spacial score (nSPS) is 23.9. The van der Waals surface area contributed by atoms with Gasteiger partial charge in [0.05, 0.1) is 11.8 Å². The van der Waals surface area contributed by atoms with E-state index in [0.29, 0.717) is 6.04 Å². The molecule has 17 heavy (non-hydrogen) atoms. The molecule has 1 saturated heterocycles. The van der Waals surface area contributed by atoms with E-state index in [1.807, 2.05) is 11.4 Å². The molecule has 1 aromatic heterocycles. The first-order valence-corrected chi connectivity index (χ1v) is 6.73. The first-order chi connectivity index (χ1) is 8.16. The molecule has 0 saturated carbocycles. The Labute approximate surface area is 105 Å². The lowest BCUT2D eigenvalue weighted by Crippen LogP contribution is -2.34. The van der Waals surface area contributed by atoms with Crippen molar-refractivity contribution >= 4 is 22.9 Å². The number of carbonyl (C=O) groups excluding carboxylic acids is 1. The summed E-state index contributed by atoms with van der Waals surface area (Å²) in [7, 11) is 0. The van der Waals surface area contributed by atoms with Gasteiger partial charge >= 0.3 is 0 Å². The number of hydrogen-bond donors (Lipinski definition) is 2. The molecule has 0 spiro atoms. The Hall–Kier alpha value is -0.910. The van der Waals surface area contributed by atoms with Gasteiger partial charge in [-0.3, -0.25) is 4.79 Å². The number of carbonyl (C=O) groups is 1. The van der Waals surface area contributed by atoms with E-state index < -0.39 is 0 Å². The zero-order chi connectivity index (χ0) is 12.3. The summed E-state index contributed by atoms with van der Waals surface area (Å²) in [6.45, 7) is 5.24. The molecule has 2 unspecified atom stereocenters. The predicted octanol–water partition coefficient (Wildman–Crippen LogP) is 1.97. The predicted molar refractivity (Wildman–Crippen MR) is 69.3 cm³/mol. The summed E-state index contributed by atoms with van der Waals surface area (Å²) in [5, 5.41) is 8.32. The van der Waals surface area contributed by atoms with Gasteiger partial charge in [0.25, 0.3) is 0 Å². The highest BCUT2D eigenvalue weighted by atomic mass is 32.1. The van der Waals surface area contributed by atoms with Crippen LogP contribution in [0, 0.1) is 0 Å². The number of amides is 1. The van der Waals surface area contributed by atoms with Gasteiger partial charge in [-0.1, -0.05) is 0 Å². The Morgan fingerprint density at radius 3 is 3.12 bits per heavy atom. The highest BCUT2D eigenvalue weighted by Crippen LogP contribution is 2.23. The third-order valence-electron chi connectivity index (χ3n) is 2.96. The molecule has 1 aliphatic rings. The van der Waals surface area contributed by atoms with Crippen LogP contribution in [0.3, 0.4) is 0 Å². The zero-order valence-corrected chi connectivity index (χ0v) is 11.0. The average molecular weight is 254 g/mol. The summed E-state index contributed by atoms with van der Waals surface area (Å²) in [6, 6.07) is 2.36. The standard InChI is InChI=1S/C12H18N2O2S/c1-8-10(3-5-16-8)13-7-12-11(4-6-17-12)14-9(2)15/h4,6,8,10,13H,3,5,7H2,1-2H3,(H,14,15). The lowest BCUT2D eigenvalue weighted by molar-refractivity contribution is -0.114. The Kier molecular flexibility index (Phi) is 4.15.